The van der Waals surface area contributed by atoms with E-state index in [1.807, 2.05) is 20.8 Å². The SMILES string of the molecule is CC(COC(=O)N1CCc2cc(S(C)(=O)=O)ccc21)C1CCN(C(=O)OC(C)(C)C)CC1. The average molecular weight is 467 g/mol. The van der Waals surface area contributed by atoms with Crippen molar-refractivity contribution < 1.29 is 27.5 Å². The van der Waals surface area contributed by atoms with Gasteiger partial charge in [-0.05, 0) is 75.6 Å². The Morgan fingerprint density at radius 1 is 1.12 bits per heavy atom. The zero-order valence-corrected chi connectivity index (χ0v) is 20.4. The number of carbonyl (C=O) groups is 2. The maximum atomic E-state index is 12.7. The number of nitrogens with zero attached hydrogens (tertiary/aromatic N) is 2. The fraction of sp³-hybridized carbons (Fsp3) is 0.652. The lowest BCUT2D eigenvalue weighted by atomic mass is 9.86. The number of benzene rings is 1. The third-order valence-corrected chi connectivity index (χ3v) is 7.17. The van der Waals surface area contributed by atoms with Gasteiger partial charge in [-0.3, -0.25) is 4.90 Å². The van der Waals surface area contributed by atoms with E-state index in [0.29, 0.717) is 44.3 Å². The molecule has 0 N–H and O–H groups in total. The molecule has 1 fully saturated rings. The number of amides is 2. The number of sulfone groups is 1. The van der Waals surface area contributed by atoms with Gasteiger partial charge in [0.05, 0.1) is 17.2 Å². The number of piperidine rings is 1. The Kier molecular flexibility index (Phi) is 7.07. The molecule has 3 rings (SSSR count). The molecule has 0 radical (unpaired) electrons. The molecular weight excluding hydrogens is 432 g/mol. The fourth-order valence-corrected chi connectivity index (χ4v) is 4.86. The summed E-state index contributed by atoms with van der Waals surface area (Å²) in [6, 6.07) is 4.84. The van der Waals surface area contributed by atoms with E-state index < -0.39 is 21.5 Å². The van der Waals surface area contributed by atoms with Crippen molar-refractivity contribution in [3.63, 3.8) is 0 Å². The number of ether oxygens (including phenoxy) is 2. The van der Waals surface area contributed by atoms with Gasteiger partial charge in [-0.25, -0.2) is 18.0 Å². The Morgan fingerprint density at radius 2 is 1.78 bits per heavy atom. The zero-order valence-electron chi connectivity index (χ0n) is 19.6. The normalized spacial score (nSPS) is 18.3. The van der Waals surface area contributed by atoms with Gasteiger partial charge in [0.15, 0.2) is 9.84 Å². The van der Waals surface area contributed by atoms with Gasteiger partial charge in [0.1, 0.15) is 5.60 Å². The first-order chi connectivity index (χ1) is 14.8. The molecule has 2 aliphatic heterocycles. The molecule has 0 aromatic heterocycles. The van der Waals surface area contributed by atoms with Gasteiger partial charge in [-0.1, -0.05) is 6.92 Å². The number of likely N-dealkylation sites (tertiary alicyclic amines) is 1. The molecule has 1 atom stereocenters. The Morgan fingerprint density at radius 3 is 2.38 bits per heavy atom. The van der Waals surface area contributed by atoms with E-state index >= 15 is 0 Å². The Hall–Kier alpha value is -2.29. The highest BCUT2D eigenvalue weighted by molar-refractivity contribution is 7.90. The van der Waals surface area contributed by atoms with Crippen LogP contribution in [0.25, 0.3) is 0 Å². The topological polar surface area (TPSA) is 93.2 Å². The van der Waals surface area contributed by atoms with E-state index in [1.165, 1.54) is 12.3 Å². The van der Waals surface area contributed by atoms with Crippen molar-refractivity contribution in [1.82, 2.24) is 4.90 Å². The second kappa shape index (κ2) is 9.29. The predicted molar refractivity (Wildman–Crippen MR) is 122 cm³/mol. The van der Waals surface area contributed by atoms with Gasteiger partial charge >= 0.3 is 12.2 Å². The smallest absolute Gasteiger partial charge is 0.414 e. The lowest BCUT2D eigenvalue weighted by molar-refractivity contribution is 0.0145. The predicted octanol–water partition coefficient (Wildman–Crippen LogP) is 3.87. The van der Waals surface area contributed by atoms with E-state index in [0.717, 1.165) is 18.4 Å². The van der Waals surface area contributed by atoms with Crippen LogP contribution < -0.4 is 4.90 Å². The minimum atomic E-state index is -3.28. The van der Waals surface area contributed by atoms with Gasteiger partial charge in [-0.2, -0.15) is 0 Å². The van der Waals surface area contributed by atoms with Crippen molar-refractivity contribution in [2.75, 3.05) is 37.4 Å². The summed E-state index contributed by atoms with van der Waals surface area (Å²) < 4.78 is 34.6. The highest BCUT2D eigenvalue weighted by Crippen LogP contribution is 2.31. The molecule has 1 unspecified atom stereocenters. The van der Waals surface area contributed by atoms with E-state index in [1.54, 1.807) is 21.9 Å². The second-order valence-electron chi connectivity index (χ2n) is 9.82. The highest BCUT2D eigenvalue weighted by atomic mass is 32.2. The Bertz CT molecular complexity index is 961. The molecule has 8 nitrogen and oxygen atoms in total. The standard InChI is InChI=1S/C23H34N2O6S/c1-16(17-8-11-24(12-9-17)21(26)31-23(2,3)4)15-30-22(27)25-13-10-18-14-19(32(5,28)29)6-7-20(18)25/h6-7,14,16-17H,8-13,15H2,1-5H3. The third kappa shape index (κ3) is 5.94. The van der Waals surface area contributed by atoms with Crippen LogP contribution in [-0.4, -0.2) is 63.6 Å². The molecule has 0 spiro atoms. The van der Waals surface area contributed by atoms with Crippen molar-refractivity contribution in [3.8, 4) is 0 Å². The lowest BCUT2D eigenvalue weighted by Gasteiger charge is -2.35. The minimum absolute atomic E-state index is 0.175. The Balaban J connectivity index is 1.49. The zero-order chi connectivity index (χ0) is 23.7. The van der Waals surface area contributed by atoms with Crippen molar-refractivity contribution in [2.24, 2.45) is 11.8 Å². The molecule has 2 aliphatic rings. The summed E-state index contributed by atoms with van der Waals surface area (Å²) in [4.78, 5) is 28.5. The summed E-state index contributed by atoms with van der Waals surface area (Å²) in [5, 5.41) is 0. The summed E-state index contributed by atoms with van der Waals surface area (Å²) in [7, 11) is -3.28. The molecule has 9 heteroatoms. The van der Waals surface area contributed by atoms with Crippen LogP contribution in [0.5, 0.6) is 0 Å². The average Bonchev–Trinajstić information content (AvgIpc) is 3.13. The summed E-state index contributed by atoms with van der Waals surface area (Å²) in [5.41, 5.74) is 1.05. The summed E-state index contributed by atoms with van der Waals surface area (Å²) >= 11 is 0. The van der Waals surface area contributed by atoms with Gasteiger partial charge < -0.3 is 14.4 Å². The molecule has 0 bridgehead atoms. The number of anilines is 1. The van der Waals surface area contributed by atoms with Crippen LogP contribution in [0.3, 0.4) is 0 Å². The molecule has 32 heavy (non-hydrogen) atoms. The fourth-order valence-electron chi connectivity index (χ4n) is 4.19. The van der Waals surface area contributed by atoms with E-state index in [-0.39, 0.29) is 16.9 Å². The molecule has 1 aromatic carbocycles. The van der Waals surface area contributed by atoms with Gasteiger partial charge in [0.2, 0.25) is 0 Å². The molecule has 178 valence electrons. The van der Waals surface area contributed by atoms with E-state index in [2.05, 4.69) is 6.92 Å². The molecule has 2 amide bonds. The third-order valence-electron chi connectivity index (χ3n) is 6.06. The maximum Gasteiger partial charge on any atom is 0.414 e. The van der Waals surface area contributed by atoms with E-state index in [9.17, 15) is 18.0 Å². The van der Waals surface area contributed by atoms with Crippen LogP contribution in [-0.2, 0) is 25.7 Å². The number of fused-ring (bicyclic) bond motifs is 1. The Labute approximate surface area is 190 Å². The van der Waals surface area contributed by atoms with Crippen molar-refractivity contribution in [2.45, 2.75) is 57.5 Å². The largest absolute Gasteiger partial charge is 0.449 e. The number of rotatable bonds is 4. The molecule has 0 aliphatic carbocycles. The first-order valence-corrected chi connectivity index (χ1v) is 13.0. The molecule has 1 saturated heterocycles. The van der Waals surface area contributed by atoms with Crippen LogP contribution >= 0.6 is 0 Å². The summed E-state index contributed by atoms with van der Waals surface area (Å²) in [5.74, 6) is 0.541. The van der Waals surface area contributed by atoms with Crippen LogP contribution in [0.2, 0.25) is 0 Å². The van der Waals surface area contributed by atoms with Crippen molar-refractivity contribution in [3.05, 3.63) is 23.8 Å². The van der Waals surface area contributed by atoms with Crippen LogP contribution in [0.15, 0.2) is 23.1 Å². The summed E-state index contributed by atoms with van der Waals surface area (Å²) in [6.07, 6.45) is 2.79. The van der Waals surface area contributed by atoms with Crippen molar-refractivity contribution >= 4 is 27.7 Å². The maximum absolute atomic E-state index is 12.7. The first-order valence-electron chi connectivity index (χ1n) is 11.1. The van der Waals surface area contributed by atoms with E-state index in [4.69, 9.17) is 9.47 Å². The van der Waals surface area contributed by atoms with Gasteiger partial charge in [0, 0.05) is 25.9 Å². The van der Waals surface area contributed by atoms with Crippen molar-refractivity contribution in [1.29, 1.82) is 0 Å². The highest BCUT2D eigenvalue weighted by Gasteiger charge is 2.31. The number of hydrogen-bond acceptors (Lipinski definition) is 6. The van der Waals surface area contributed by atoms with Crippen LogP contribution in [0.4, 0.5) is 15.3 Å². The molecule has 1 aromatic rings. The molecule has 2 heterocycles. The van der Waals surface area contributed by atoms with Gasteiger partial charge in [-0.15, -0.1) is 0 Å². The second-order valence-corrected chi connectivity index (χ2v) is 11.8. The monoisotopic (exact) mass is 466 g/mol. The van der Waals surface area contributed by atoms with Crippen LogP contribution in [0.1, 0.15) is 46.1 Å². The van der Waals surface area contributed by atoms with Crippen LogP contribution in [0, 0.1) is 11.8 Å². The number of hydrogen-bond donors (Lipinski definition) is 0. The lowest BCUT2D eigenvalue weighted by Crippen LogP contribution is -2.43. The first kappa shape index (κ1) is 24.4. The van der Waals surface area contributed by atoms with Gasteiger partial charge in [0.25, 0.3) is 0 Å². The molecule has 0 saturated carbocycles. The quantitative estimate of drug-likeness (QED) is 0.669. The minimum Gasteiger partial charge on any atom is -0.449 e. The number of carbonyl (C=O) groups excluding carboxylic acids is 2. The molecular formula is C23H34N2O6S. The summed E-state index contributed by atoms with van der Waals surface area (Å²) in [6.45, 7) is 9.71.